The van der Waals surface area contributed by atoms with Gasteiger partial charge in [0.2, 0.25) is 0 Å². The van der Waals surface area contributed by atoms with Crippen LogP contribution < -0.4 is 10.2 Å². The molecule has 1 saturated heterocycles. The van der Waals surface area contributed by atoms with Crippen molar-refractivity contribution >= 4 is 5.82 Å². The van der Waals surface area contributed by atoms with Crippen LogP contribution in [0.25, 0.3) is 0 Å². The lowest BCUT2D eigenvalue weighted by molar-refractivity contribution is 0.252. The zero-order valence-corrected chi connectivity index (χ0v) is 13.6. The first-order valence-electron chi connectivity index (χ1n) is 8.35. The number of piperazine rings is 1. The van der Waals surface area contributed by atoms with Crippen LogP contribution in [0.2, 0.25) is 0 Å². The fraction of sp³-hybridized carbons (Fsp3) is 0.706. The molecule has 0 aliphatic carbocycles. The summed E-state index contributed by atoms with van der Waals surface area (Å²) in [7, 11) is 0. The Morgan fingerprint density at radius 2 is 1.95 bits per heavy atom. The molecule has 1 aromatic heterocycles. The zero-order chi connectivity index (χ0) is 14.9. The molecule has 118 valence electrons. The summed E-state index contributed by atoms with van der Waals surface area (Å²) in [6, 6.07) is 6.15. The third-order valence-corrected chi connectivity index (χ3v) is 3.98. The molecule has 1 N–H and O–H groups in total. The van der Waals surface area contributed by atoms with Gasteiger partial charge in [-0.3, -0.25) is 4.90 Å². The van der Waals surface area contributed by atoms with Gasteiger partial charge in [-0.1, -0.05) is 19.9 Å². The Kier molecular flexibility index (Phi) is 6.96. The Balaban J connectivity index is 1.55. The van der Waals surface area contributed by atoms with Gasteiger partial charge in [-0.15, -0.1) is 0 Å². The van der Waals surface area contributed by atoms with E-state index >= 15 is 0 Å². The first-order valence-corrected chi connectivity index (χ1v) is 8.35. The summed E-state index contributed by atoms with van der Waals surface area (Å²) < 4.78 is 0. The van der Waals surface area contributed by atoms with Gasteiger partial charge in [0, 0.05) is 32.4 Å². The van der Waals surface area contributed by atoms with Gasteiger partial charge in [0.05, 0.1) is 0 Å². The van der Waals surface area contributed by atoms with Crippen molar-refractivity contribution < 1.29 is 0 Å². The van der Waals surface area contributed by atoms with Gasteiger partial charge in [0.1, 0.15) is 5.82 Å². The van der Waals surface area contributed by atoms with Gasteiger partial charge in [-0.2, -0.15) is 0 Å². The van der Waals surface area contributed by atoms with Gasteiger partial charge in [-0.25, -0.2) is 4.98 Å². The second kappa shape index (κ2) is 9.00. The van der Waals surface area contributed by atoms with E-state index in [2.05, 4.69) is 46.1 Å². The molecule has 0 saturated carbocycles. The van der Waals surface area contributed by atoms with E-state index in [0.29, 0.717) is 0 Å². The maximum absolute atomic E-state index is 4.44. The molecule has 0 amide bonds. The molecule has 0 aromatic carbocycles. The molecule has 2 rings (SSSR count). The van der Waals surface area contributed by atoms with Gasteiger partial charge >= 0.3 is 0 Å². The predicted octanol–water partition coefficient (Wildman–Crippen LogP) is 2.23. The highest BCUT2D eigenvalue weighted by atomic mass is 15.3. The van der Waals surface area contributed by atoms with Crippen LogP contribution in [0.3, 0.4) is 0 Å². The molecule has 0 bridgehead atoms. The van der Waals surface area contributed by atoms with Gasteiger partial charge in [-0.05, 0) is 50.5 Å². The minimum Gasteiger partial charge on any atom is -0.354 e. The summed E-state index contributed by atoms with van der Waals surface area (Å²) in [5.74, 6) is 1.87. The number of aromatic nitrogens is 1. The van der Waals surface area contributed by atoms with Crippen LogP contribution in [0.1, 0.15) is 26.7 Å². The topological polar surface area (TPSA) is 31.4 Å². The van der Waals surface area contributed by atoms with Crippen LogP contribution in [0, 0.1) is 5.92 Å². The van der Waals surface area contributed by atoms with E-state index in [9.17, 15) is 0 Å². The van der Waals surface area contributed by atoms with Crippen molar-refractivity contribution in [3.63, 3.8) is 0 Å². The van der Waals surface area contributed by atoms with E-state index in [-0.39, 0.29) is 0 Å². The lowest BCUT2D eigenvalue weighted by Crippen LogP contribution is -2.47. The van der Waals surface area contributed by atoms with Crippen molar-refractivity contribution in [1.29, 1.82) is 0 Å². The molecule has 4 nitrogen and oxygen atoms in total. The number of nitrogens with zero attached hydrogens (tertiary/aromatic N) is 3. The molecule has 0 radical (unpaired) electrons. The number of pyridine rings is 1. The maximum Gasteiger partial charge on any atom is 0.128 e. The van der Waals surface area contributed by atoms with E-state index in [1.807, 2.05) is 12.3 Å². The SMILES string of the molecule is CC(C)CNCCCCN1CCN(c2ccccn2)CC1. The van der Waals surface area contributed by atoms with Crippen LogP contribution in [0.5, 0.6) is 0 Å². The minimum atomic E-state index is 0.754. The maximum atomic E-state index is 4.44. The molecule has 0 spiro atoms. The Morgan fingerprint density at radius 1 is 1.14 bits per heavy atom. The van der Waals surface area contributed by atoms with Crippen molar-refractivity contribution in [2.45, 2.75) is 26.7 Å². The molecule has 1 aromatic rings. The molecule has 4 heteroatoms. The Bertz CT molecular complexity index is 372. The van der Waals surface area contributed by atoms with Crippen molar-refractivity contribution in [2.24, 2.45) is 5.92 Å². The highest BCUT2D eigenvalue weighted by Gasteiger charge is 2.16. The highest BCUT2D eigenvalue weighted by molar-refractivity contribution is 5.38. The fourth-order valence-corrected chi connectivity index (χ4v) is 2.72. The molecule has 1 fully saturated rings. The molecule has 2 heterocycles. The summed E-state index contributed by atoms with van der Waals surface area (Å²) >= 11 is 0. The summed E-state index contributed by atoms with van der Waals surface area (Å²) in [5.41, 5.74) is 0. The van der Waals surface area contributed by atoms with E-state index in [0.717, 1.165) is 51.0 Å². The van der Waals surface area contributed by atoms with Crippen molar-refractivity contribution in [1.82, 2.24) is 15.2 Å². The first-order chi connectivity index (χ1) is 10.3. The van der Waals surface area contributed by atoms with Crippen LogP contribution >= 0.6 is 0 Å². The van der Waals surface area contributed by atoms with E-state index in [4.69, 9.17) is 0 Å². The van der Waals surface area contributed by atoms with Gasteiger partial charge < -0.3 is 10.2 Å². The molecule has 1 aliphatic rings. The van der Waals surface area contributed by atoms with Crippen LogP contribution in [-0.4, -0.2) is 55.7 Å². The van der Waals surface area contributed by atoms with Crippen molar-refractivity contribution in [3.05, 3.63) is 24.4 Å². The van der Waals surface area contributed by atoms with Gasteiger partial charge in [0.25, 0.3) is 0 Å². The van der Waals surface area contributed by atoms with E-state index in [1.165, 1.54) is 19.4 Å². The molecule has 0 atom stereocenters. The largest absolute Gasteiger partial charge is 0.354 e. The second-order valence-electron chi connectivity index (χ2n) is 6.32. The number of hydrogen-bond acceptors (Lipinski definition) is 4. The number of rotatable bonds is 8. The summed E-state index contributed by atoms with van der Waals surface area (Å²) in [6.45, 7) is 12.6. The summed E-state index contributed by atoms with van der Waals surface area (Å²) in [5, 5.41) is 3.52. The Morgan fingerprint density at radius 3 is 2.62 bits per heavy atom. The smallest absolute Gasteiger partial charge is 0.128 e. The third-order valence-electron chi connectivity index (χ3n) is 3.98. The fourth-order valence-electron chi connectivity index (χ4n) is 2.72. The quantitative estimate of drug-likeness (QED) is 0.744. The molecule has 0 unspecified atom stereocenters. The average molecular weight is 290 g/mol. The van der Waals surface area contributed by atoms with Crippen LogP contribution in [0.15, 0.2) is 24.4 Å². The zero-order valence-electron chi connectivity index (χ0n) is 13.6. The Labute approximate surface area is 129 Å². The molecule has 1 aliphatic heterocycles. The van der Waals surface area contributed by atoms with Crippen LogP contribution in [-0.2, 0) is 0 Å². The third kappa shape index (κ3) is 6.02. The lowest BCUT2D eigenvalue weighted by Gasteiger charge is -2.35. The van der Waals surface area contributed by atoms with Crippen LogP contribution in [0.4, 0.5) is 5.82 Å². The lowest BCUT2D eigenvalue weighted by atomic mass is 10.2. The van der Waals surface area contributed by atoms with E-state index in [1.54, 1.807) is 0 Å². The number of hydrogen-bond donors (Lipinski definition) is 1. The van der Waals surface area contributed by atoms with Crippen molar-refractivity contribution in [3.8, 4) is 0 Å². The number of nitrogens with one attached hydrogen (secondary N) is 1. The predicted molar refractivity (Wildman–Crippen MR) is 89.8 cm³/mol. The van der Waals surface area contributed by atoms with Crippen molar-refractivity contribution in [2.75, 3.05) is 50.7 Å². The number of anilines is 1. The molecular formula is C17H30N4. The average Bonchev–Trinajstić information content (AvgIpc) is 2.52. The van der Waals surface area contributed by atoms with E-state index < -0.39 is 0 Å². The minimum absolute atomic E-state index is 0.754. The molecule has 21 heavy (non-hydrogen) atoms. The standard InChI is InChI=1S/C17H30N4/c1-16(2)15-18-8-5-6-10-20-11-13-21(14-12-20)17-7-3-4-9-19-17/h3-4,7,9,16,18H,5-6,8,10-15H2,1-2H3. The molecular weight excluding hydrogens is 260 g/mol. The summed E-state index contributed by atoms with van der Waals surface area (Å²) in [4.78, 5) is 9.41. The highest BCUT2D eigenvalue weighted by Crippen LogP contribution is 2.12. The first kappa shape index (κ1) is 16.2. The monoisotopic (exact) mass is 290 g/mol. The summed E-state index contributed by atoms with van der Waals surface area (Å²) in [6.07, 6.45) is 4.47. The Hall–Kier alpha value is -1.13. The second-order valence-corrected chi connectivity index (χ2v) is 6.32. The van der Waals surface area contributed by atoms with Gasteiger partial charge in [0.15, 0.2) is 0 Å². The number of unbranched alkanes of at least 4 members (excludes halogenated alkanes) is 1. The normalized spacial score (nSPS) is 16.6.